The number of carbonyl (C=O) groups excluding carboxylic acids is 2. The summed E-state index contributed by atoms with van der Waals surface area (Å²) in [5.74, 6) is 0.584. The lowest BCUT2D eigenvalue weighted by Gasteiger charge is -2.21. The van der Waals surface area contributed by atoms with E-state index in [9.17, 15) is 9.59 Å². The van der Waals surface area contributed by atoms with Gasteiger partial charge in [-0.05, 0) is 0 Å². The molecule has 0 radical (unpaired) electrons. The minimum absolute atomic E-state index is 0.138. The van der Waals surface area contributed by atoms with Gasteiger partial charge in [0.1, 0.15) is 5.78 Å². The molecule has 0 spiro atoms. The first-order valence-corrected chi connectivity index (χ1v) is 6.89. The van der Waals surface area contributed by atoms with Crippen molar-refractivity contribution in [3.8, 4) is 0 Å². The summed E-state index contributed by atoms with van der Waals surface area (Å²) in [6, 6.07) is 0. The van der Waals surface area contributed by atoms with Gasteiger partial charge in [0.05, 0.1) is 5.92 Å². The molecule has 0 aliphatic heterocycles. The highest BCUT2D eigenvalue weighted by Crippen LogP contribution is 2.28. The summed E-state index contributed by atoms with van der Waals surface area (Å²) in [7, 11) is 0. The maximum Gasteiger partial charge on any atom is 0.230 e. The molecule has 0 aromatic carbocycles. The van der Waals surface area contributed by atoms with Crippen LogP contribution in [0, 0.1) is 5.92 Å². The molecule has 0 saturated heterocycles. The summed E-state index contributed by atoms with van der Waals surface area (Å²) in [5.41, 5.74) is 0. The first kappa shape index (κ1) is 12.3. The highest BCUT2D eigenvalue weighted by atomic mass is 32.2. The zero-order valence-corrected chi connectivity index (χ0v) is 10.6. The van der Waals surface area contributed by atoms with Gasteiger partial charge in [0, 0.05) is 18.6 Å². The number of nitrogens with zero attached hydrogens (tertiary/aromatic N) is 2. The average molecular weight is 269 g/mol. The van der Waals surface area contributed by atoms with E-state index in [0.29, 0.717) is 18.0 Å². The highest BCUT2D eigenvalue weighted by molar-refractivity contribution is 8.01. The van der Waals surface area contributed by atoms with Crippen molar-refractivity contribution in [2.24, 2.45) is 5.92 Å². The second-order valence-electron chi connectivity index (χ2n) is 3.61. The topological polar surface area (TPSA) is 72.0 Å². The van der Waals surface area contributed by atoms with Gasteiger partial charge in [-0.2, -0.15) is 0 Å². The predicted octanol–water partition coefficient (Wildman–Crippen LogP) is 1.73. The van der Waals surface area contributed by atoms with Crippen molar-refractivity contribution in [1.82, 2.24) is 10.2 Å². The van der Waals surface area contributed by atoms with Crippen LogP contribution < -0.4 is 5.32 Å². The van der Waals surface area contributed by atoms with Gasteiger partial charge in [-0.25, -0.2) is 0 Å². The summed E-state index contributed by atoms with van der Waals surface area (Å²) in [4.78, 5) is 22.4. The van der Waals surface area contributed by atoms with Gasteiger partial charge in [0.25, 0.3) is 0 Å². The number of hydrogen-bond donors (Lipinski definition) is 1. The molecular formula is C10H11N3O2S2. The Morgan fingerprint density at radius 1 is 1.59 bits per heavy atom. The van der Waals surface area contributed by atoms with Crippen LogP contribution >= 0.6 is 23.1 Å². The molecule has 1 amide bonds. The summed E-state index contributed by atoms with van der Waals surface area (Å²) in [5, 5.41) is 11.0. The SMILES string of the molecule is C=CCSc1nnc(NC(=O)C2CC(=O)C2)s1. The molecule has 90 valence electrons. The fourth-order valence-corrected chi connectivity index (χ4v) is 2.85. The molecule has 0 bridgehead atoms. The summed E-state index contributed by atoms with van der Waals surface area (Å²) < 4.78 is 0.796. The van der Waals surface area contributed by atoms with E-state index in [1.165, 1.54) is 23.1 Å². The Bertz CT molecular complexity index is 450. The van der Waals surface area contributed by atoms with Crippen LogP contribution in [-0.4, -0.2) is 27.6 Å². The molecule has 0 atom stereocenters. The van der Waals surface area contributed by atoms with Crippen molar-refractivity contribution in [3.63, 3.8) is 0 Å². The second-order valence-corrected chi connectivity index (χ2v) is 5.85. The third-order valence-corrected chi connectivity index (χ3v) is 4.25. The van der Waals surface area contributed by atoms with Gasteiger partial charge in [0.2, 0.25) is 11.0 Å². The quantitative estimate of drug-likeness (QED) is 0.501. The van der Waals surface area contributed by atoms with Crippen LogP contribution in [0.1, 0.15) is 12.8 Å². The number of anilines is 1. The Morgan fingerprint density at radius 2 is 2.35 bits per heavy atom. The lowest BCUT2D eigenvalue weighted by Crippen LogP contribution is -2.34. The molecule has 1 aliphatic carbocycles. The van der Waals surface area contributed by atoms with Gasteiger partial charge in [-0.15, -0.1) is 16.8 Å². The maximum absolute atomic E-state index is 11.6. The van der Waals surface area contributed by atoms with E-state index in [-0.39, 0.29) is 17.6 Å². The van der Waals surface area contributed by atoms with Crippen molar-refractivity contribution in [2.75, 3.05) is 11.1 Å². The van der Waals surface area contributed by atoms with Gasteiger partial charge >= 0.3 is 0 Å². The second kappa shape index (κ2) is 5.42. The van der Waals surface area contributed by atoms with E-state index >= 15 is 0 Å². The van der Waals surface area contributed by atoms with Crippen LogP contribution in [0.4, 0.5) is 5.13 Å². The van der Waals surface area contributed by atoms with E-state index in [2.05, 4.69) is 22.1 Å². The summed E-state index contributed by atoms with van der Waals surface area (Å²) in [6.45, 7) is 3.61. The zero-order chi connectivity index (χ0) is 12.3. The van der Waals surface area contributed by atoms with Crippen molar-refractivity contribution in [1.29, 1.82) is 0 Å². The largest absolute Gasteiger partial charge is 0.300 e. The van der Waals surface area contributed by atoms with Crippen molar-refractivity contribution in [2.45, 2.75) is 17.2 Å². The molecule has 0 unspecified atom stereocenters. The molecule has 5 nitrogen and oxygen atoms in total. The molecule has 1 aromatic rings. The number of nitrogens with one attached hydrogen (secondary N) is 1. The molecule has 1 fully saturated rings. The van der Waals surface area contributed by atoms with Gasteiger partial charge in [0.15, 0.2) is 4.34 Å². The fraction of sp³-hybridized carbons (Fsp3) is 0.400. The molecule has 17 heavy (non-hydrogen) atoms. The number of Topliss-reactive ketones (excluding diaryl/α,β-unsaturated/α-hetero) is 1. The van der Waals surface area contributed by atoms with Crippen LogP contribution in [0.2, 0.25) is 0 Å². The van der Waals surface area contributed by atoms with E-state index in [1.807, 2.05) is 0 Å². The Kier molecular flexibility index (Phi) is 3.90. The van der Waals surface area contributed by atoms with Gasteiger partial charge in [-0.3, -0.25) is 9.59 Å². The smallest absolute Gasteiger partial charge is 0.230 e. The maximum atomic E-state index is 11.6. The number of thioether (sulfide) groups is 1. The van der Waals surface area contributed by atoms with Gasteiger partial charge in [-0.1, -0.05) is 29.2 Å². The molecule has 2 rings (SSSR count). The minimum Gasteiger partial charge on any atom is -0.300 e. The molecule has 1 saturated carbocycles. The third-order valence-electron chi connectivity index (χ3n) is 2.28. The van der Waals surface area contributed by atoms with E-state index in [0.717, 1.165) is 10.1 Å². The van der Waals surface area contributed by atoms with Crippen molar-refractivity contribution < 1.29 is 9.59 Å². The molecule has 1 N–H and O–H groups in total. The number of rotatable bonds is 5. The van der Waals surface area contributed by atoms with E-state index in [4.69, 9.17) is 0 Å². The normalized spacial score (nSPS) is 15.4. The first-order valence-electron chi connectivity index (χ1n) is 5.09. The molecule has 7 heteroatoms. The summed E-state index contributed by atoms with van der Waals surface area (Å²) >= 11 is 2.85. The number of carbonyl (C=O) groups is 2. The lowest BCUT2D eigenvalue weighted by atomic mass is 9.83. The third kappa shape index (κ3) is 3.13. The summed E-state index contributed by atoms with van der Waals surface area (Å²) in [6.07, 6.45) is 2.48. The van der Waals surface area contributed by atoms with Crippen LogP contribution in [0.15, 0.2) is 17.0 Å². The minimum atomic E-state index is -0.185. The number of aromatic nitrogens is 2. The van der Waals surface area contributed by atoms with Crippen molar-refractivity contribution in [3.05, 3.63) is 12.7 Å². The van der Waals surface area contributed by atoms with E-state index < -0.39 is 0 Å². The molecule has 1 aromatic heterocycles. The Hall–Kier alpha value is -1.21. The van der Waals surface area contributed by atoms with Crippen LogP contribution in [0.25, 0.3) is 0 Å². The van der Waals surface area contributed by atoms with Crippen molar-refractivity contribution >= 4 is 39.9 Å². The Labute approximate surface area is 107 Å². The standard InChI is InChI=1S/C10H11N3O2S2/c1-2-3-16-10-13-12-9(17-10)11-8(15)6-4-7(14)5-6/h2,6H,1,3-5H2,(H,11,12,15). The fourth-order valence-electron chi connectivity index (χ4n) is 1.33. The number of hydrogen-bond acceptors (Lipinski definition) is 6. The van der Waals surface area contributed by atoms with Crippen LogP contribution in [-0.2, 0) is 9.59 Å². The molecule has 1 heterocycles. The Balaban J connectivity index is 1.85. The monoisotopic (exact) mass is 269 g/mol. The highest BCUT2D eigenvalue weighted by Gasteiger charge is 2.33. The number of ketones is 1. The molecule has 1 aliphatic rings. The van der Waals surface area contributed by atoms with E-state index in [1.54, 1.807) is 6.08 Å². The zero-order valence-electron chi connectivity index (χ0n) is 9.01. The van der Waals surface area contributed by atoms with Crippen LogP contribution in [0.5, 0.6) is 0 Å². The number of amides is 1. The van der Waals surface area contributed by atoms with Gasteiger partial charge < -0.3 is 5.32 Å². The lowest BCUT2D eigenvalue weighted by molar-refractivity contribution is -0.135. The predicted molar refractivity (Wildman–Crippen MR) is 67.2 cm³/mol. The average Bonchev–Trinajstić information content (AvgIpc) is 2.69. The van der Waals surface area contributed by atoms with Crippen LogP contribution in [0.3, 0.4) is 0 Å². The molecular weight excluding hydrogens is 258 g/mol. The first-order chi connectivity index (χ1) is 8.19. The Morgan fingerprint density at radius 3 is 3.00 bits per heavy atom.